The Balaban J connectivity index is 1.16. The number of para-hydroxylation sites is 1. The highest BCUT2D eigenvalue weighted by Gasteiger charge is 2.23. The van der Waals surface area contributed by atoms with Crippen LogP contribution in [0.25, 0.3) is 10.2 Å². The van der Waals surface area contributed by atoms with E-state index >= 15 is 0 Å². The van der Waals surface area contributed by atoms with Gasteiger partial charge in [-0.3, -0.25) is 19.5 Å². The number of hydrogen-bond acceptors (Lipinski definition) is 13. The van der Waals surface area contributed by atoms with Gasteiger partial charge in [-0.15, -0.1) is 11.3 Å². The van der Waals surface area contributed by atoms with Gasteiger partial charge < -0.3 is 24.2 Å². The van der Waals surface area contributed by atoms with Gasteiger partial charge >= 0.3 is 23.7 Å². The third kappa shape index (κ3) is 7.58. The minimum atomic E-state index is -4.05. The molecule has 45 heavy (non-hydrogen) atoms. The number of nitrogens with zero attached hydrogens (tertiary/aromatic N) is 4. The van der Waals surface area contributed by atoms with Crippen LogP contribution in [0.15, 0.2) is 63.9 Å². The number of ether oxygens (including phenoxy) is 3. The Kier molecular flexibility index (Phi) is 9.02. The summed E-state index contributed by atoms with van der Waals surface area (Å²) in [6.07, 6.45) is -0.128. The van der Waals surface area contributed by atoms with E-state index in [9.17, 15) is 37.5 Å². The van der Waals surface area contributed by atoms with Crippen LogP contribution in [-0.4, -0.2) is 83.3 Å². The highest BCUT2D eigenvalue weighted by atomic mass is 32.2. The maximum Gasteiger partial charge on any atom is 0.420 e. The van der Waals surface area contributed by atoms with Crippen LogP contribution < -0.4 is 25.2 Å². The van der Waals surface area contributed by atoms with Crippen LogP contribution in [0.5, 0.6) is 11.5 Å². The molecule has 0 aliphatic carbocycles. The number of aliphatic carboxylic acids is 1. The SMILES string of the molecule is O=C(O)CN(CCNS(=O)(=O)c1nc2ccccc2s1)C(=O)Cn1ccc(NC(=O)OC(=O)c2ccc3c(c2)OCO3)nc1=O. The molecule has 0 spiro atoms. The molecule has 0 saturated carbocycles. The van der Waals surface area contributed by atoms with Gasteiger partial charge in [0.1, 0.15) is 18.9 Å². The van der Waals surface area contributed by atoms with E-state index in [1.807, 2.05) is 0 Å². The van der Waals surface area contributed by atoms with Crippen LogP contribution in [0.4, 0.5) is 10.6 Å². The van der Waals surface area contributed by atoms with E-state index in [1.165, 1.54) is 18.2 Å². The normalized spacial score (nSPS) is 12.1. The van der Waals surface area contributed by atoms with Crippen molar-refractivity contribution in [1.29, 1.82) is 0 Å². The fourth-order valence-corrected chi connectivity index (χ4v) is 6.24. The Bertz CT molecular complexity index is 1940. The molecule has 0 bridgehead atoms. The molecule has 0 radical (unpaired) electrons. The molecule has 0 fully saturated rings. The molecule has 0 saturated heterocycles. The summed E-state index contributed by atoms with van der Waals surface area (Å²) in [7, 11) is -4.05. The number of fused-ring (bicyclic) bond motifs is 2. The van der Waals surface area contributed by atoms with Gasteiger partial charge in [0.25, 0.3) is 10.0 Å². The average molecular weight is 659 g/mol. The van der Waals surface area contributed by atoms with Crippen molar-refractivity contribution in [2.24, 2.45) is 0 Å². The summed E-state index contributed by atoms with van der Waals surface area (Å²) in [5.74, 6) is -2.76. The predicted molar refractivity (Wildman–Crippen MR) is 155 cm³/mol. The van der Waals surface area contributed by atoms with Gasteiger partial charge in [0.2, 0.25) is 17.0 Å². The molecule has 234 valence electrons. The molecule has 19 heteroatoms. The maximum absolute atomic E-state index is 12.9. The highest BCUT2D eigenvalue weighted by Crippen LogP contribution is 2.32. The Hall–Kier alpha value is -5.40. The van der Waals surface area contributed by atoms with Crippen LogP contribution in [0.3, 0.4) is 0 Å². The minimum absolute atomic E-state index is 0.00625. The fourth-order valence-electron chi connectivity index (χ4n) is 3.96. The lowest BCUT2D eigenvalue weighted by atomic mass is 10.2. The van der Waals surface area contributed by atoms with Crippen molar-refractivity contribution in [3.8, 4) is 11.5 Å². The van der Waals surface area contributed by atoms with Crippen molar-refractivity contribution in [1.82, 2.24) is 24.2 Å². The number of amides is 2. The van der Waals surface area contributed by atoms with Gasteiger partial charge in [0, 0.05) is 19.3 Å². The second kappa shape index (κ2) is 13.1. The number of carboxylic acid groups (broad SMARTS) is 1. The zero-order chi connectivity index (χ0) is 32.1. The maximum atomic E-state index is 12.9. The summed E-state index contributed by atoms with van der Waals surface area (Å²) in [5.41, 5.74) is -0.487. The largest absolute Gasteiger partial charge is 0.480 e. The average Bonchev–Trinajstić information content (AvgIpc) is 3.65. The first kappa shape index (κ1) is 31.0. The van der Waals surface area contributed by atoms with E-state index in [-0.39, 0.29) is 35.6 Å². The van der Waals surface area contributed by atoms with Crippen molar-refractivity contribution in [2.45, 2.75) is 10.9 Å². The van der Waals surface area contributed by atoms with Gasteiger partial charge in [0.15, 0.2) is 11.5 Å². The Morgan fingerprint density at radius 2 is 1.84 bits per heavy atom. The summed E-state index contributed by atoms with van der Waals surface area (Å²) in [6, 6.07) is 12.1. The smallest absolute Gasteiger partial charge is 0.420 e. The number of carbonyl (C=O) groups excluding carboxylic acids is 3. The summed E-state index contributed by atoms with van der Waals surface area (Å²) >= 11 is 0.953. The standard InChI is InChI=1S/C26H22N6O11S2/c33-21(31(13-22(34)35)10-8-27-45(39,40)26-28-16-3-1-2-4-19(16)44-26)12-32-9-7-20(29-24(32)37)30-25(38)43-23(36)15-5-6-17-18(11-15)42-14-41-17/h1-7,9,11,27H,8,10,12-14H2,(H,34,35)(H,29,30,37,38). The number of hydrogen-bond donors (Lipinski definition) is 3. The van der Waals surface area contributed by atoms with Crippen molar-refractivity contribution in [2.75, 3.05) is 31.7 Å². The molecule has 4 aromatic rings. The molecule has 2 aromatic carbocycles. The van der Waals surface area contributed by atoms with Gasteiger partial charge in [-0.2, -0.15) is 4.98 Å². The second-order valence-electron chi connectivity index (χ2n) is 9.15. The Labute approximate surface area is 257 Å². The second-order valence-corrected chi connectivity index (χ2v) is 12.1. The van der Waals surface area contributed by atoms with E-state index in [4.69, 9.17) is 14.2 Å². The van der Waals surface area contributed by atoms with Gasteiger partial charge in [-0.25, -0.2) is 32.5 Å². The third-order valence-electron chi connectivity index (χ3n) is 6.06. The number of rotatable bonds is 11. The van der Waals surface area contributed by atoms with Gasteiger partial charge in [-0.05, 0) is 36.4 Å². The van der Waals surface area contributed by atoms with E-state index in [0.717, 1.165) is 33.1 Å². The quantitative estimate of drug-likeness (QED) is 0.150. The molecule has 3 N–H and O–H groups in total. The zero-order valence-corrected chi connectivity index (χ0v) is 24.5. The molecule has 1 aliphatic heterocycles. The topological polar surface area (TPSA) is 225 Å². The first-order chi connectivity index (χ1) is 21.5. The molecule has 2 aromatic heterocycles. The number of sulfonamides is 1. The Morgan fingerprint density at radius 1 is 1.07 bits per heavy atom. The summed E-state index contributed by atoms with van der Waals surface area (Å²) < 4.78 is 44.0. The lowest BCUT2D eigenvalue weighted by Crippen LogP contribution is -2.43. The molecule has 3 heterocycles. The number of benzene rings is 2. The number of carbonyl (C=O) groups is 4. The van der Waals surface area contributed by atoms with Crippen LogP contribution in [0, 0.1) is 0 Å². The molecular formula is C26H22N6O11S2. The number of carboxylic acids is 1. The van der Waals surface area contributed by atoms with Crippen LogP contribution in [-0.2, 0) is 30.9 Å². The molecule has 1 aliphatic rings. The lowest BCUT2D eigenvalue weighted by molar-refractivity contribution is -0.144. The predicted octanol–water partition coefficient (Wildman–Crippen LogP) is 0.862. The molecule has 17 nitrogen and oxygen atoms in total. The summed E-state index contributed by atoms with van der Waals surface area (Å²) in [6.45, 7) is -2.09. The first-order valence-corrected chi connectivity index (χ1v) is 15.1. The van der Waals surface area contributed by atoms with E-state index in [2.05, 4.69) is 20.0 Å². The monoisotopic (exact) mass is 658 g/mol. The molecule has 0 atom stereocenters. The van der Waals surface area contributed by atoms with E-state index in [0.29, 0.717) is 21.7 Å². The molecular weight excluding hydrogens is 636 g/mol. The van der Waals surface area contributed by atoms with E-state index in [1.54, 1.807) is 24.3 Å². The molecule has 2 amide bonds. The van der Waals surface area contributed by atoms with Crippen LogP contribution in [0.2, 0.25) is 0 Å². The van der Waals surface area contributed by atoms with Gasteiger partial charge in [-0.1, -0.05) is 12.1 Å². The van der Waals surface area contributed by atoms with Crippen LogP contribution >= 0.6 is 11.3 Å². The third-order valence-corrected chi connectivity index (χ3v) is 8.93. The summed E-state index contributed by atoms with van der Waals surface area (Å²) in [5, 5.41) is 11.4. The minimum Gasteiger partial charge on any atom is -0.480 e. The fraction of sp³-hybridized carbons (Fsp3) is 0.192. The van der Waals surface area contributed by atoms with Crippen molar-refractivity contribution in [3.05, 3.63) is 70.8 Å². The van der Waals surface area contributed by atoms with Crippen molar-refractivity contribution >= 4 is 61.3 Å². The van der Waals surface area contributed by atoms with E-state index < -0.39 is 52.7 Å². The Morgan fingerprint density at radius 3 is 2.60 bits per heavy atom. The number of anilines is 1. The first-order valence-electron chi connectivity index (χ1n) is 12.8. The van der Waals surface area contributed by atoms with Crippen molar-refractivity contribution in [3.63, 3.8) is 0 Å². The molecule has 5 rings (SSSR count). The lowest BCUT2D eigenvalue weighted by Gasteiger charge is -2.21. The van der Waals surface area contributed by atoms with Crippen molar-refractivity contribution < 1.29 is 46.9 Å². The van der Waals surface area contributed by atoms with Crippen LogP contribution in [0.1, 0.15) is 10.4 Å². The highest BCUT2D eigenvalue weighted by molar-refractivity contribution is 7.91. The number of esters is 1. The number of thiazole rings is 1. The number of nitrogens with one attached hydrogen (secondary N) is 2. The van der Waals surface area contributed by atoms with Gasteiger partial charge in [0.05, 0.1) is 15.8 Å². The zero-order valence-electron chi connectivity index (χ0n) is 22.9. The molecule has 0 unspecified atom stereocenters. The summed E-state index contributed by atoms with van der Waals surface area (Å²) in [4.78, 5) is 69.8. The number of aromatic nitrogens is 3.